The van der Waals surface area contributed by atoms with Crippen LogP contribution in [0.1, 0.15) is 21.9 Å². The summed E-state index contributed by atoms with van der Waals surface area (Å²) in [5.74, 6) is -0.0780. The average molecular weight is 280 g/mol. The normalized spacial score (nSPS) is 10.2. The van der Waals surface area contributed by atoms with E-state index in [4.69, 9.17) is 4.42 Å². The van der Waals surface area contributed by atoms with Crippen molar-refractivity contribution in [1.29, 1.82) is 0 Å². The quantitative estimate of drug-likeness (QED) is 0.830. The van der Waals surface area contributed by atoms with E-state index >= 15 is 0 Å². The SMILES string of the molecule is Cc1ncoc1CNC(=O)CNC(=O)c1cscn1. The van der Waals surface area contributed by atoms with Crippen LogP contribution in [0.2, 0.25) is 0 Å². The van der Waals surface area contributed by atoms with Crippen molar-refractivity contribution in [3.05, 3.63) is 34.4 Å². The Kier molecular flexibility index (Phi) is 4.24. The molecule has 0 spiro atoms. The first-order chi connectivity index (χ1) is 9.16. The Labute approximate surface area is 113 Å². The molecule has 0 aliphatic carbocycles. The second kappa shape index (κ2) is 6.10. The first-order valence-corrected chi connectivity index (χ1v) is 6.43. The molecule has 100 valence electrons. The molecule has 0 aliphatic rings. The molecule has 0 bridgehead atoms. The summed E-state index contributed by atoms with van der Waals surface area (Å²) >= 11 is 1.32. The average Bonchev–Trinajstić information content (AvgIpc) is 3.05. The van der Waals surface area contributed by atoms with E-state index in [1.807, 2.05) is 0 Å². The number of thiazole rings is 1. The van der Waals surface area contributed by atoms with Crippen molar-refractivity contribution >= 4 is 23.2 Å². The van der Waals surface area contributed by atoms with Crippen LogP contribution in [0.5, 0.6) is 0 Å². The molecule has 2 amide bonds. The smallest absolute Gasteiger partial charge is 0.271 e. The molecule has 0 aromatic carbocycles. The maximum atomic E-state index is 11.5. The Morgan fingerprint density at radius 1 is 1.37 bits per heavy atom. The maximum Gasteiger partial charge on any atom is 0.271 e. The van der Waals surface area contributed by atoms with Crippen molar-refractivity contribution in [2.75, 3.05) is 6.54 Å². The minimum atomic E-state index is -0.368. The summed E-state index contributed by atoms with van der Waals surface area (Å²) in [6.07, 6.45) is 1.32. The lowest BCUT2D eigenvalue weighted by Gasteiger charge is -2.04. The van der Waals surface area contributed by atoms with E-state index in [2.05, 4.69) is 20.6 Å². The highest BCUT2D eigenvalue weighted by molar-refractivity contribution is 7.07. The van der Waals surface area contributed by atoms with Gasteiger partial charge in [0.2, 0.25) is 5.91 Å². The maximum absolute atomic E-state index is 11.5. The highest BCUT2D eigenvalue weighted by atomic mass is 32.1. The molecule has 7 nitrogen and oxygen atoms in total. The summed E-state index contributed by atoms with van der Waals surface area (Å²) in [6, 6.07) is 0. The number of rotatable bonds is 5. The van der Waals surface area contributed by atoms with Crippen LogP contribution in [0.3, 0.4) is 0 Å². The van der Waals surface area contributed by atoms with E-state index in [1.165, 1.54) is 17.7 Å². The van der Waals surface area contributed by atoms with Gasteiger partial charge in [-0.05, 0) is 6.92 Å². The first kappa shape index (κ1) is 13.2. The van der Waals surface area contributed by atoms with E-state index in [-0.39, 0.29) is 24.9 Å². The molecule has 2 N–H and O–H groups in total. The van der Waals surface area contributed by atoms with Crippen LogP contribution >= 0.6 is 11.3 Å². The summed E-state index contributed by atoms with van der Waals surface area (Å²) in [6.45, 7) is 1.93. The van der Waals surface area contributed by atoms with Gasteiger partial charge in [-0.3, -0.25) is 9.59 Å². The van der Waals surface area contributed by atoms with Crippen LogP contribution in [0.25, 0.3) is 0 Å². The van der Waals surface area contributed by atoms with Gasteiger partial charge >= 0.3 is 0 Å². The minimum Gasteiger partial charge on any atom is -0.446 e. The third kappa shape index (κ3) is 3.62. The van der Waals surface area contributed by atoms with Crippen LogP contribution in [-0.2, 0) is 11.3 Å². The van der Waals surface area contributed by atoms with Gasteiger partial charge in [0.05, 0.1) is 24.3 Å². The van der Waals surface area contributed by atoms with Crippen LogP contribution in [0.4, 0.5) is 0 Å². The Morgan fingerprint density at radius 2 is 2.21 bits per heavy atom. The molecule has 2 aromatic rings. The number of nitrogens with zero attached hydrogens (tertiary/aromatic N) is 2. The van der Waals surface area contributed by atoms with Crippen molar-refractivity contribution in [2.45, 2.75) is 13.5 Å². The van der Waals surface area contributed by atoms with Gasteiger partial charge in [-0.25, -0.2) is 9.97 Å². The molecule has 0 unspecified atom stereocenters. The van der Waals surface area contributed by atoms with E-state index in [9.17, 15) is 9.59 Å². The van der Waals surface area contributed by atoms with Gasteiger partial charge in [0.1, 0.15) is 11.5 Å². The number of aryl methyl sites for hydroxylation is 1. The highest BCUT2D eigenvalue weighted by Gasteiger charge is 2.10. The Hall–Kier alpha value is -2.22. The number of nitrogens with one attached hydrogen (secondary N) is 2. The van der Waals surface area contributed by atoms with Gasteiger partial charge in [0.25, 0.3) is 5.91 Å². The van der Waals surface area contributed by atoms with Crippen molar-refractivity contribution in [3.8, 4) is 0 Å². The van der Waals surface area contributed by atoms with E-state index < -0.39 is 0 Å². The summed E-state index contributed by atoms with van der Waals surface area (Å²) in [5.41, 5.74) is 2.59. The number of carbonyl (C=O) groups excluding carboxylic acids is 2. The molecule has 8 heteroatoms. The van der Waals surface area contributed by atoms with Gasteiger partial charge in [-0.15, -0.1) is 11.3 Å². The minimum absolute atomic E-state index is 0.108. The molecule has 0 radical (unpaired) electrons. The largest absolute Gasteiger partial charge is 0.446 e. The zero-order valence-corrected chi connectivity index (χ0v) is 11.0. The second-order valence-corrected chi connectivity index (χ2v) is 4.41. The third-order valence-corrected chi connectivity index (χ3v) is 2.95. The second-order valence-electron chi connectivity index (χ2n) is 3.69. The number of hydrogen-bond donors (Lipinski definition) is 2. The van der Waals surface area contributed by atoms with E-state index in [0.717, 1.165) is 5.69 Å². The highest BCUT2D eigenvalue weighted by Crippen LogP contribution is 2.03. The predicted octanol–water partition coefficient (Wildman–Crippen LogP) is 0.486. The number of oxazole rings is 1. The summed E-state index contributed by atoms with van der Waals surface area (Å²) in [4.78, 5) is 30.8. The molecule has 2 rings (SSSR count). The van der Waals surface area contributed by atoms with E-state index in [1.54, 1.807) is 17.8 Å². The zero-order valence-electron chi connectivity index (χ0n) is 10.2. The molecular weight excluding hydrogens is 268 g/mol. The lowest BCUT2D eigenvalue weighted by atomic mass is 10.3. The first-order valence-electron chi connectivity index (χ1n) is 5.49. The molecule has 0 atom stereocenters. The topological polar surface area (TPSA) is 97.1 Å². The molecule has 19 heavy (non-hydrogen) atoms. The molecule has 0 saturated heterocycles. The number of aromatic nitrogens is 2. The van der Waals surface area contributed by atoms with Crippen molar-refractivity contribution in [1.82, 2.24) is 20.6 Å². The fraction of sp³-hybridized carbons (Fsp3) is 0.273. The predicted molar refractivity (Wildman–Crippen MR) is 67.5 cm³/mol. The van der Waals surface area contributed by atoms with Gasteiger partial charge in [-0.2, -0.15) is 0 Å². The van der Waals surface area contributed by atoms with Crippen molar-refractivity contribution in [2.24, 2.45) is 0 Å². The van der Waals surface area contributed by atoms with Crippen LogP contribution in [-0.4, -0.2) is 28.3 Å². The molecular formula is C11H12N4O3S. The van der Waals surface area contributed by atoms with Crippen molar-refractivity contribution < 1.29 is 14.0 Å². The monoisotopic (exact) mass is 280 g/mol. The van der Waals surface area contributed by atoms with Crippen LogP contribution in [0, 0.1) is 6.92 Å². The Morgan fingerprint density at radius 3 is 2.84 bits per heavy atom. The lowest BCUT2D eigenvalue weighted by Crippen LogP contribution is -2.36. The van der Waals surface area contributed by atoms with Gasteiger partial charge in [0.15, 0.2) is 6.39 Å². The molecule has 0 fully saturated rings. The van der Waals surface area contributed by atoms with Crippen LogP contribution < -0.4 is 10.6 Å². The summed E-state index contributed by atoms with van der Waals surface area (Å²) in [7, 11) is 0. The number of amides is 2. The molecule has 2 heterocycles. The summed E-state index contributed by atoms with van der Waals surface area (Å²) < 4.78 is 5.08. The Bertz CT molecular complexity index is 564. The molecule has 2 aromatic heterocycles. The van der Waals surface area contributed by atoms with Gasteiger partial charge < -0.3 is 15.1 Å². The number of carbonyl (C=O) groups is 2. The van der Waals surface area contributed by atoms with Gasteiger partial charge in [0, 0.05) is 5.38 Å². The third-order valence-electron chi connectivity index (χ3n) is 2.37. The van der Waals surface area contributed by atoms with Crippen molar-refractivity contribution in [3.63, 3.8) is 0 Å². The fourth-order valence-electron chi connectivity index (χ4n) is 1.31. The Balaban J connectivity index is 1.73. The van der Waals surface area contributed by atoms with Crippen LogP contribution in [0.15, 0.2) is 21.7 Å². The zero-order chi connectivity index (χ0) is 13.7. The molecule has 0 aliphatic heterocycles. The van der Waals surface area contributed by atoms with E-state index in [0.29, 0.717) is 11.5 Å². The lowest BCUT2D eigenvalue weighted by molar-refractivity contribution is -0.120. The fourth-order valence-corrected chi connectivity index (χ4v) is 1.85. The molecule has 0 saturated carbocycles. The standard InChI is InChI=1S/C11H12N4O3S/c1-7-9(18-5-14-7)2-12-10(16)3-13-11(17)8-4-19-6-15-8/h4-6H,2-3H2,1H3,(H,12,16)(H,13,17). The summed E-state index contributed by atoms with van der Waals surface area (Å²) in [5, 5.41) is 6.71. The van der Waals surface area contributed by atoms with Gasteiger partial charge in [-0.1, -0.05) is 0 Å². The number of hydrogen-bond acceptors (Lipinski definition) is 6.